The minimum Gasteiger partial charge on any atom is -0.382 e. The van der Waals surface area contributed by atoms with Crippen LogP contribution < -0.4 is 11.1 Å². The number of nitrogens with one attached hydrogen (secondary N) is 1. The van der Waals surface area contributed by atoms with Crippen LogP contribution in [0.25, 0.3) is 0 Å². The van der Waals surface area contributed by atoms with Gasteiger partial charge in [-0.1, -0.05) is 32.9 Å². The van der Waals surface area contributed by atoms with Crippen LogP contribution in [0.3, 0.4) is 0 Å². The summed E-state index contributed by atoms with van der Waals surface area (Å²) in [6.07, 6.45) is 2.85. The Balaban J connectivity index is 1.92. The maximum Gasteiger partial charge on any atom is 0.220 e. The summed E-state index contributed by atoms with van der Waals surface area (Å²) in [7, 11) is 0. The summed E-state index contributed by atoms with van der Waals surface area (Å²) in [6, 6.07) is 9.03. The predicted octanol–water partition coefficient (Wildman–Crippen LogP) is 3.05. The molecule has 2 rings (SSSR count). The molecule has 0 atom stereocenters. The molecule has 0 saturated heterocycles. The Kier molecular flexibility index (Phi) is 3.83. The first-order valence-corrected chi connectivity index (χ1v) is 7.09. The van der Waals surface area contributed by atoms with E-state index in [0.717, 1.165) is 24.9 Å². The first kappa shape index (κ1) is 13.9. The van der Waals surface area contributed by atoms with Crippen LogP contribution in [-0.2, 0) is 10.2 Å². The number of hydrogen-bond donors (Lipinski definition) is 2. The molecule has 1 saturated carbocycles. The summed E-state index contributed by atoms with van der Waals surface area (Å²) in [5.74, 6) is -0.103. The van der Waals surface area contributed by atoms with Gasteiger partial charge in [0.25, 0.3) is 0 Å². The van der Waals surface area contributed by atoms with E-state index in [1.54, 1.807) is 0 Å². The Bertz CT molecular complexity index is 444. The largest absolute Gasteiger partial charge is 0.382 e. The van der Waals surface area contributed by atoms with Crippen LogP contribution in [-0.4, -0.2) is 11.9 Å². The Morgan fingerprint density at radius 2 is 1.89 bits per heavy atom. The zero-order valence-corrected chi connectivity index (χ0v) is 12.1. The summed E-state index contributed by atoms with van der Waals surface area (Å²) in [5, 5.41) is 3.45. The normalized spacial score (nSPS) is 22.7. The third-order valence-corrected chi connectivity index (χ3v) is 4.46. The van der Waals surface area contributed by atoms with E-state index < -0.39 is 0 Å². The molecule has 104 valence electrons. The topological polar surface area (TPSA) is 55.1 Å². The van der Waals surface area contributed by atoms with Gasteiger partial charge in [-0.3, -0.25) is 4.79 Å². The highest BCUT2D eigenvalue weighted by atomic mass is 16.1. The number of carbonyl (C=O) groups excluding carboxylic acids is 1. The molecule has 19 heavy (non-hydrogen) atoms. The molecule has 3 N–H and O–H groups in total. The van der Waals surface area contributed by atoms with Crippen LogP contribution in [0.2, 0.25) is 0 Å². The first-order chi connectivity index (χ1) is 8.92. The molecule has 1 aromatic carbocycles. The molecule has 0 spiro atoms. The molecule has 0 bridgehead atoms. The maximum absolute atomic E-state index is 11.0. The van der Waals surface area contributed by atoms with Gasteiger partial charge in [0.1, 0.15) is 0 Å². The van der Waals surface area contributed by atoms with E-state index in [-0.39, 0.29) is 17.2 Å². The van der Waals surface area contributed by atoms with Crippen LogP contribution in [0, 0.1) is 5.92 Å². The monoisotopic (exact) mass is 260 g/mol. The average Bonchev–Trinajstić information content (AvgIpc) is 2.33. The van der Waals surface area contributed by atoms with Crippen molar-refractivity contribution in [2.45, 2.75) is 51.5 Å². The lowest BCUT2D eigenvalue weighted by Crippen LogP contribution is -2.42. The van der Waals surface area contributed by atoms with Crippen molar-refractivity contribution in [3.63, 3.8) is 0 Å². The van der Waals surface area contributed by atoms with Crippen molar-refractivity contribution in [3.05, 3.63) is 29.8 Å². The fourth-order valence-corrected chi connectivity index (χ4v) is 2.43. The van der Waals surface area contributed by atoms with Gasteiger partial charge in [0, 0.05) is 17.6 Å². The zero-order valence-electron chi connectivity index (χ0n) is 12.1. The van der Waals surface area contributed by atoms with E-state index in [9.17, 15) is 4.79 Å². The van der Waals surface area contributed by atoms with Gasteiger partial charge < -0.3 is 11.1 Å². The summed E-state index contributed by atoms with van der Waals surface area (Å²) in [4.78, 5) is 11.0. The van der Waals surface area contributed by atoms with Gasteiger partial charge in [-0.25, -0.2) is 0 Å². The highest BCUT2D eigenvalue weighted by molar-refractivity contribution is 5.78. The van der Waals surface area contributed by atoms with E-state index in [1.165, 1.54) is 5.56 Å². The molecule has 3 nitrogen and oxygen atoms in total. The number of benzene rings is 1. The standard InChI is InChI=1S/C16H24N2O/c1-4-16(2,3)12-5-7-13(8-6-12)18-14-9-11(10-14)15(17)19/h5-8,11,14,18H,4,9-10H2,1-3H3,(H2,17,19). The van der Waals surface area contributed by atoms with Crippen molar-refractivity contribution in [2.24, 2.45) is 11.7 Å². The van der Waals surface area contributed by atoms with Gasteiger partial charge in [-0.05, 0) is 42.4 Å². The Labute approximate surface area is 115 Å². The number of amides is 1. The van der Waals surface area contributed by atoms with Crippen molar-refractivity contribution in [2.75, 3.05) is 5.32 Å². The van der Waals surface area contributed by atoms with Crippen LogP contribution in [0.15, 0.2) is 24.3 Å². The number of nitrogens with two attached hydrogens (primary N) is 1. The predicted molar refractivity (Wildman–Crippen MR) is 79.1 cm³/mol. The van der Waals surface area contributed by atoms with Crippen LogP contribution in [0.1, 0.15) is 45.6 Å². The molecular weight excluding hydrogens is 236 g/mol. The lowest BCUT2D eigenvalue weighted by molar-refractivity contribution is -0.124. The van der Waals surface area contributed by atoms with Gasteiger partial charge in [-0.15, -0.1) is 0 Å². The number of anilines is 1. The van der Waals surface area contributed by atoms with Gasteiger partial charge in [-0.2, -0.15) is 0 Å². The van der Waals surface area contributed by atoms with Crippen LogP contribution in [0.5, 0.6) is 0 Å². The second-order valence-electron chi connectivity index (χ2n) is 6.23. The fourth-order valence-electron chi connectivity index (χ4n) is 2.43. The summed E-state index contributed by atoms with van der Waals surface area (Å²) in [6.45, 7) is 6.74. The molecule has 0 radical (unpaired) electrons. The third kappa shape index (κ3) is 3.09. The molecule has 0 aromatic heterocycles. The third-order valence-electron chi connectivity index (χ3n) is 4.46. The molecule has 0 aliphatic heterocycles. The molecular formula is C16H24N2O. The Morgan fingerprint density at radius 3 is 2.37 bits per heavy atom. The quantitative estimate of drug-likeness (QED) is 0.855. The lowest BCUT2D eigenvalue weighted by atomic mass is 9.79. The van der Waals surface area contributed by atoms with Crippen molar-refractivity contribution in [1.29, 1.82) is 0 Å². The average molecular weight is 260 g/mol. The number of rotatable bonds is 5. The number of primary amides is 1. The minimum atomic E-state index is -0.168. The van der Waals surface area contributed by atoms with Crippen molar-refractivity contribution >= 4 is 11.6 Å². The van der Waals surface area contributed by atoms with E-state index in [4.69, 9.17) is 5.73 Å². The SMILES string of the molecule is CCC(C)(C)c1ccc(NC2CC(C(N)=O)C2)cc1. The lowest BCUT2D eigenvalue weighted by Gasteiger charge is -2.34. The van der Waals surface area contributed by atoms with Crippen molar-refractivity contribution in [3.8, 4) is 0 Å². The van der Waals surface area contributed by atoms with Crippen LogP contribution in [0.4, 0.5) is 5.69 Å². The van der Waals surface area contributed by atoms with Crippen LogP contribution >= 0.6 is 0 Å². The number of hydrogen-bond acceptors (Lipinski definition) is 2. The van der Waals surface area contributed by atoms with E-state index in [0.29, 0.717) is 6.04 Å². The summed E-state index contributed by atoms with van der Waals surface area (Å²) >= 11 is 0. The smallest absolute Gasteiger partial charge is 0.220 e. The molecule has 1 aliphatic rings. The van der Waals surface area contributed by atoms with Gasteiger partial charge in [0.05, 0.1) is 0 Å². The number of carbonyl (C=O) groups is 1. The summed E-state index contributed by atoms with van der Waals surface area (Å²) < 4.78 is 0. The Morgan fingerprint density at radius 1 is 1.32 bits per heavy atom. The van der Waals surface area contributed by atoms with Gasteiger partial charge >= 0.3 is 0 Å². The van der Waals surface area contributed by atoms with Gasteiger partial charge in [0.15, 0.2) is 0 Å². The molecule has 0 heterocycles. The second-order valence-corrected chi connectivity index (χ2v) is 6.23. The Hall–Kier alpha value is -1.51. The minimum absolute atomic E-state index is 0.0656. The first-order valence-electron chi connectivity index (χ1n) is 7.09. The highest BCUT2D eigenvalue weighted by Crippen LogP contribution is 2.31. The highest BCUT2D eigenvalue weighted by Gasteiger charge is 2.32. The molecule has 1 aliphatic carbocycles. The maximum atomic E-state index is 11.0. The second kappa shape index (κ2) is 5.24. The van der Waals surface area contributed by atoms with Gasteiger partial charge in [0.2, 0.25) is 5.91 Å². The van der Waals surface area contributed by atoms with Crippen molar-refractivity contribution in [1.82, 2.24) is 0 Å². The van der Waals surface area contributed by atoms with E-state index >= 15 is 0 Å². The van der Waals surface area contributed by atoms with E-state index in [2.05, 4.69) is 50.4 Å². The molecule has 3 heteroatoms. The molecule has 1 fully saturated rings. The molecule has 0 unspecified atom stereocenters. The molecule has 1 aromatic rings. The molecule has 1 amide bonds. The zero-order chi connectivity index (χ0) is 14.0. The van der Waals surface area contributed by atoms with Crippen molar-refractivity contribution < 1.29 is 4.79 Å². The fraction of sp³-hybridized carbons (Fsp3) is 0.562. The summed E-state index contributed by atoms with van der Waals surface area (Å²) in [5.41, 5.74) is 7.99. The van der Waals surface area contributed by atoms with E-state index in [1.807, 2.05) is 0 Å².